The highest BCUT2D eigenvalue weighted by atomic mass is 35.5. The number of nitrogens with zero attached hydrogens (tertiary/aromatic N) is 2. The van der Waals surface area contributed by atoms with Crippen molar-refractivity contribution in [2.75, 3.05) is 19.6 Å². The maximum absolute atomic E-state index is 14.8. The summed E-state index contributed by atoms with van der Waals surface area (Å²) in [5.74, 6) is -4.55. The molecule has 6 atom stereocenters. The van der Waals surface area contributed by atoms with Crippen LogP contribution in [-0.2, 0) is 24.0 Å². The van der Waals surface area contributed by atoms with E-state index in [1.54, 1.807) is 20.8 Å². The number of amides is 5. The number of fused-ring (bicyclic) bond motifs is 1. The van der Waals surface area contributed by atoms with Gasteiger partial charge in [-0.05, 0) is 48.3 Å². The first-order chi connectivity index (χ1) is 18.0. The van der Waals surface area contributed by atoms with Crippen LogP contribution in [0.1, 0.15) is 60.3 Å². The van der Waals surface area contributed by atoms with Gasteiger partial charge in [-0.15, -0.1) is 0 Å². The highest BCUT2D eigenvalue weighted by Crippen LogP contribution is 2.65. The number of nitrogens with one attached hydrogen (secondary N) is 3. The molecule has 2 heterocycles. The molecule has 3 N–H and O–H groups in total. The molecular formula is C26H38ClF2N5O5. The van der Waals surface area contributed by atoms with Crippen molar-refractivity contribution < 1.29 is 32.8 Å². The topological polar surface area (TPSA) is 128 Å². The number of carbonyl (C=O) groups excluding carboxylic acids is 5. The zero-order valence-corrected chi connectivity index (χ0v) is 23.7. The van der Waals surface area contributed by atoms with Gasteiger partial charge >= 0.3 is 0 Å². The van der Waals surface area contributed by atoms with Crippen LogP contribution in [0.4, 0.5) is 8.78 Å². The number of alkyl halides is 3. The molecule has 39 heavy (non-hydrogen) atoms. The zero-order valence-electron chi connectivity index (χ0n) is 23.0. The summed E-state index contributed by atoms with van der Waals surface area (Å²) >= 11 is 5.40. The second kappa shape index (κ2) is 10.2. The van der Waals surface area contributed by atoms with E-state index in [2.05, 4.69) is 16.1 Å². The van der Waals surface area contributed by atoms with Crippen molar-refractivity contribution in [2.45, 2.75) is 83.7 Å². The van der Waals surface area contributed by atoms with Crippen molar-refractivity contribution in [2.24, 2.45) is 28.6 Å². The van der Waals surface area contributed by atoms with Crippen molar-refractivity contribution in [1.29, 1.82) is 0 Å². The maximum atomic E-state index is 14.8. The van der Waals surface area contributed by atoms with E-state index in [0.29, 0.717) is 24.4 Å². The maximum Gasteiger partial charge on any atom is 0.291 e. The Balaban J connectivity index is 1.56. The standard InChI is InChI=1S/C26H38ClF2N5O5/c1-24(2,3)17(31-23(39)26(29)8-6-9-26)21(37)33-12-14-15(25(14,4)5)16(33)20(36)32-34(22(38)18(27)28)11-13-7-10-30-19(13)35/h13-18H,6-12H2,1-5H3,(H,30,35)(H,31,39)(H,32,36)/t13-,14-,15-,16-,17?,18?/m0/s1. The Kier molecular flexibility index (Phi) is 7.68. The molecule has 218 valence electrons. The fraction of sp³-hybridized carbons (Fsp3) is 0.808. The second-order valence-corrected chi connectivity index (χ2v) is 13.4. The third kappa shape index (κ3) is 5.45. The Morgan fingerprint density at radius 1 is 1.23 bits per heavy atom. The van der Waals surface area contributed by atoms with Crippen LogP contribution in [0.15, 0.2) is 0 Å². The van der Waals surface area contributed by atoms with Gasteiger partial charge in [-0.1, -0.05) is 46.2 Å². The molecule has 2 aliphatic heterocycles. The molecule has 0 spiro atoms. The van der Waals surface area contributed by atoms with E-state index in [0.717, 1.165) is 0 Å². The molecule has 0 aromatic carbocycles. The van der Waals surface area contributed by atoms with Gasteiger partial charge < -0.3 is 15.5 Å². The lowest BCUT2D eigenvalue weighted by Crippen LogP contribution is -2.63. The smallest absolute Gasteiger partial charge is 0.291 e. The summed E-state index contributed by atoms with van der Waals surface area (Å²) in [6, 6.07) is -2.13. The molecule has 0 radical (unpaired) electrons. The van der Waals surface area contributed by atoms with Crippen molar-refractivity contribution in [1.82, 2.24) is 26.0 Å². The zero-order chi connectivity index (χ0) is 29.1. The summed E-state index contributed by atoms with van der Waals surface area (Å²) in [5.41, 5.74) is -3.09. The number of hydrogen-bond acceptors (Lipinski definition) is 5. The SMILES string of the molecule is CC(C)(C)C(NC(=O)C1(F)CCC1)C(=O)N1C[C@H]2[C@@H]([C@H]1C(=O)NN(C[C@@H]1CCNC1=O)C(=O)C(F)Cl)C2(C)C. The van der Waals surface area contributed by atoms with E-state index in [1.165, 1.54) is 4.90 Å². The average molecular weight is 574 g/mol. The summed E-state index contributed by atoms with van der Waals surface area (Å²) in [6.45, 7) is 9.52. The number of hydrogen-bond donors (Lipinski definition) is 3. The minimum absolute atomic E-state index is 0.0145. The van der Waals surface area contributed by atoms with E-state index in [1.807, 2.05) is 13.8 Å². The highest BCUT2D eigenvalue weighted by Gasteiger charge is 2.70. The van der Waals surface area contributed by atoms with Gasteiger partial charge in [0.1, 0.15) is 12.1 Å². The highest BCUT2D eigenvalue weighted by molar-refractivity contribution is 6.29. The monoisotopic (exact) mass is 573 g/mol. The van der Waals surface area contributed by atoms with Gasteiger partial charge in [-0.3, -0.25) is 29.4 Å². The number of hydrazine groups is 1. The van der Waals surface area contributed by atoms with Crippen LogP contribution in [0.3, 0.4) is 0 Å². The van der Waals surface area contributed by atoms with Gasteiger partial charge in [0.25, 0.3) is 23.4 Å². The lowest BCUT2D eigenvalue weighted by Gasteiger charge is -2.40. The quantitative estimate of drug-likeness (QED) is 0.314. The van der Waals surface area contributed by atoms with Crippen molar-refractivity contribution >= 4 is 41.1 Å². The van der Waals surface area contributed by atoms with E-state index >= 15 is 0 Å². The van der Waals surface area contributed by atoms with Gasteiger partial charge in [-0.25, -0.2) is 13.8 Å². The molecule has 2 aliphatic carbocycles. The first-order valence-electron chi connectivity index (χ1n) is 13.5. The molecule has 4 rings (SSSR count). The minimum Gasteiger partial charge on any atom is -0.356 e. The molecule has 10 nitrogen and oxygen atoms in total. The van der Waals surface area contributed by atoms with Gasteiger partial charge in [0.2, 0.25) is 11.8 Å². The Morgan fingerprint density at radius 3 is 2.36 bits per heavy atom. The molecule has 2 saturated heterocycles. The first-order valence-corrected chi connectivity index (χ1v) is 13.9. The van der Waals surface area contributed by atoms with Crippen LogP contribution in [-0.4, -0.2) is 82.5 Å². The van der Waals surface area contributed by atoms with Crippen LogP contribution in [0.25, 0.3) is 0 Å². The fourth-order valence-corrected chi connectivity index (χ4v) is 6.27. The lowest BCUT2D eigenvalue weighted by molar-refractivity contribution is -0.152. The molecule has 4 aliphatic rings. The van der Waals surface area contributed by atoms with E-state index in [4.69, 9.17) is 11.6 Å². The summed E-state index contributed by atoms with van der Waals surface area (Å²) in [5, 5.41) is 5.94. The van der Waals surface area contributed by atoms with Crippen LogP contribution in [0, 0.1) is 28.6 Å². The molecular weight excluding hydrogens is 536 g/mol. The summed E-state index contributed by atoms with van der Waals surface area (Å²) in [6.07, 6.45) is 1.17. The molecule has 13 heteroatoms. The van der Waals surface area contributed by atoms with Crippen molar-refractivity contribution in [3.8, 4) is 0 Å². The average Bonchev–Trinajstić information content (AvgIpc) is 3.18. The normalized spacial score (nSPS) is 29.8. The van der Waals surface area contributed by atoms with E-state index in [-0.39, 0.29) is 49.1 Å². The van der Waals surface area contributed by atoms with E-state index < -0.39 is 58.3 Å². The summed E-state index contributed by atoms with van der Waals surface area (Å²) < 4.78 is 28.7. The summed E-state index contributed by atoms with van der Waals surface area (Å²) in [4.78, 5) is 66.3. The minimum atomic E-state index is -2.44. The molecule has 2 unspecified atom stereocenters. The Bertz CT molecular complexity index is 1060. The first kappa shape index (κ1) is 29.5. The van der Waals surface area contributed by atoms with Gasteiger partial charge in [-0.2, -0.15) is 0 Å². The largest absolute Gasteiger partial charge is 0.356 e. The van der Waals surface area contributed by atoms with Crippen LogP contribution in [0.5, 0.6) is 0 Å². The predicted octanol–water partition coefficient (Wildman–Crippen LogP) is 1.42. The third-order valence-electron chi connectivity index (χ3n) is 8.97. The molecule has 0 bridgehead atoms. The number of carbonyl (C=O) groups is 5. The second-order valence-electron chi connectivity index (χ2n) is 13.0. The van der Waals surface area contributed by atoms with Crippen molar-refractivity contribution in [3.05, 3.63) is 0 Å². The van der Waals surface area contributed by atoms with E-state index in [9.17, 15) is 32.8 Å². The van der Waals surface area contributed by atoms with Gasteiger partial charge in [0, 0.05) is 13.1 Å². The Labute approximate surface area is 231 Å². The van der Waals surface area contributed by atoms with Crippen LogP contribution >= 0.6 is 11.6 Å². The van der Waals surface area contributed by atoms with Crippen LogP contribution < -0.4 is 16.1 Å². The van der Waals surface area contributed by atoms with Crippen LogP contribution in [0.2, 0.25) is 0 Å². The lowest BCUT2D eigenvalue weighted by atomic mass is 9.79. The van der Waals surface area contributed by atoms with Crippen molar-refractivity contribution in [3.63, 3.8) is 0 Å². The number of halogens is 3. The number of likely N-dealkylation sites (tertiary alicyclic amines) is 1. The number of rotatable bonds is 7. The fourth-order valence-electron chi connectivity index (χ4n) is 6.15. The summed E-state index contributed by atoms with van der Waals surface area (Å²) in [7, 11) is 0. The molecule has 4 fully saturated rings. The predicted molar refractivity (Wildman–Crippen MR) is 137 cm³/mol. The molecule has 5 amide bonds. The van der Waals surface area contributed by atoms with Gasteiger partial charge in [0.15, 0.2) is 5.67 Å². The molecule has 0 aromatic rings. The molecule has 0 aromatic heterocycles. The number of piperidine rings is 1. The van der Waals surface area contributed by atoms with Gasteiger partial charge in [0.05, 0.1) is 12.5 Å². The third-order valence-corrected chi connectivity index (χ3v) is 9.15. The molecule has 2 saturated carbocycles. The Morgan fingerprint density at radius 2 is 1.87 bits per heavy atom. The Hall–Kier alpha value is -2.50.